The third-order valence-electron chi connectivity index (χ3n) is 6.93. The number of hydrogen-bond acceptors (Lipinski definition) is 3. The van der Waals surface area contributed by atoms with Crippen molar-refractivity contribution in [3.63, 3.8) is 0 Å². The van der Waals surface area contributed by atoms with Crippen molar-refractivity contribution in [3.05, 3.63) is 0 Å². The minimum atomic E-state index is 0.0584. The highest BCUT2D eigenvalue weighted by atomic mass is 16.3. The van der Waals surface area contributed by atoms with Crippen molar-refractivity contribution in [2.45, 2.75) is 45.6 Å². The molecule has 0 spiro atoms. The van der Waals surface area contributed by atoms with E-state index in [9.17, 15) is 5.11 Å². The summed E-state index contributed by atoms with van der Waals surface area (Å²) in [5.74, 6) is 0.951. The van der Waals surface area contributed by atoms with Crippen LogP contribution in [0.3, 0.4) is 0 Å². The summed E-state index contributed by atoms with van der Waals surface area (Å²) in [6, 6.07) is 0. The van der Waals surface area contributed by atoms with E-state index in [1.807, 2.05) is 0 Å². The molecule has 0 aromatic carbocycles. The lowest BCUT2D eigenvalue weighted by molar-refractivity contribution is -0.0723. The Kier molecular flexibility index (Phi) is 3.33. The van der Waals surface area contributed by atoms with Gasteiger partial charge in [0, 0.05) is 18.1 Å². The average molecular weight is 254 g/mol. The molecule has 0 aliphatic heterocycles. The molecule has 2 bridgehead atoms. The molecular weight excluding hydrogens is 224 g/mol. The van der Waals surface area contributed by atoms with E-state index in [2.05, 4.69) is 39.8 Å². The number of aliphatic hydroxyl groups is 1. The average Bonchev–Trinajstić information content (AvgIpc) is 2.62. The first kappa shape index (κ1) is 14.3. The first-order valence-corrected chi connectivity index (χ1v) is 7.26. The van der Waals surface area contributed by atoms with Gasteiger partial charge in [0.15, 0.2) is 0 Å². The molecule has 2 rings (SSSR count). The molecule has 0 unspecified atom stereocenters. The van der Waals surface area contributed by atoms with E-state index in [-0.39, 0.29) is 23.5 Å². The van der Waals surface area contributed by atoms with Crippen LogP contribution in [0.15, 0.2) is 0 Å². The second-order valence-corrected chi connectivity index (χ2v) is 7.43. The van der Waals surface area contributed by atoms with E-state index >= 15 is 0 Å². The van der Waals surface area contributed by atoms with E-state index in [4.69, 9.17) is 5.73 Å². The van der Waals surface area contributed by atoms with Gasteiger partial charge in [-0.1, -0.05) is 20.8 Å². The zero-order chi connectivity index (χ0) is 13.8. The number of hydrogen-bond donors (Lipinski definition) is 2. The molecule has 3 N–H and O–H groups in total. The zero-order valence-corrected chi connectivity index (χ0v) is 12.7. The van der Waals surface area contributed by atoms with Crippen LogP contribution in [-0.2, 0) is 0 Å². The molecule has 0 heterocycles. The van der Waals surface area contributed by atoms with Crippen molar-refractivity contribution in [2.75, 3.05) is 27.2 Å². The largest absolute Gasteiger partial charge is 0.396 e. The summed E-state index contributed by atoms with van der Waals surface area (Å²) in [4.78, 5) is 2.36. The predicted molar refractivity (Wildman–Crippen MR) is 75.3 cm³/mol. The number of rotatable bonds is 4. The van der Waals surface area contributed by atoms with Gasteiger partial charge in [-0.2, -0.15) is 0 Å². The van der Waals surface area contributed by atoms with Gasteiger partial charge in [0.25, 0.3) is 0 Å². The van der Waals surface area contributed by atoms with Gasteiger partial charge in [-0.25, -0.2) is 0 Å². The number of fused-ring (bicyclic) bond motifs is 2. The molecule has 0 saturated heterocycles. The molecule has 4 atom stereocenters. The van der Waals surface area contributed by atoms with Gasteiger partial charge < -0.3 is 15.7 Å². The summed E-state index contributed by atoms with van der Waals surface area (Å²) in [7, 11) is 4.33. The molecular formula is C15H30N2O. The Morgan fingerprint density at radius 1 is 1.33 bits per heavy atom. The summed E-state index contributed by atoms with van der Waals surface area (Å²) < 4.78 is 0. The molecule has 3 heteroatoms. The van der Waals surface area contributed by atoms with Crippen molar-refractivity contribution in [2.24, 2.45) is 28.4 Å². The first-order chi connectivity index (χ1) is 8.28. The van der Waals surface area contributed by atoms with Crippen molar-refractivity contribution in [1.29, 1.82) is 0 Å². The number of nitrogens with zero attached hydrogens (tertiary/aromatic N) is 1. The van der Waals surface area contributed by atoms with Crippen molar-refractivity contribution in [3.8, 4) is 0 Å². The highest BCUT2D eigenvalue weighted by molar-refractivity contribution is 5.23. The maximum atomic E-state index is 9.81. The Morgan fingerprint density at radius 3 is 2.22 bits per heavy atom. The van der Waals surface area contributed by atoms with Gasteiger partial charge in [0.1, 0.15) is 0 Å². The SMILES string of the molecule is CN(C)[C@@]1([C@@H](CN)CO)C[C@H]2CC[C@@]1(C)C2(C)C. The fourth-order valence-corrected chi connectivity index (χ4v) is 5.41. The third-order valence-corrected chi connectivity index (χ3v) is 6.93. The molecule has 0 aromatic heterocycles. The van der Waals surface area contributed by atoms with Crippen LogP contribution >= 0.6 is 0 Å². The van der Waals surface area contributed by atoms with Gasteiger partial charge in [-0.05, 0) is 56.7 Å². The van der Waals surface area contributed by atoms with Gasteiger partial charge in [-0.3, -0.25) is 0 Å². The highest BCUT2D eigenvalue weighted by Crippen LogP contribution is 2.72. The second-order valence-electron chi connectivity index (χ2n) is 7.43. The van der Waals surface area contributed by atoms with E-state index < -0.39 is 0 Å². The van der Waals surface area contributed by atoms with E-state index in [0.29, 0.717) is 12.0 Å². The Morgan fingerprint density at radius 2 is 1.94 bits per heavy atom. The molecule has 0 aromatic rings. The Labute approximate surface area is 112 Å². The number of aliphatic hydroxyl groups excluding tert-OH is 1. The first-order valence-electron chi connectivity index (χ1n) is 7.26. The van der Waals surface area contributed by atoms with Crippen LogP contribution in [0.25, 0.3) is 0 Å². The lowest BCUT2D eigenvalue weighted by Crippen LogP contribution is -2.63. The van der Waals surface area contributed by atoms with E-state index in [1.54, 1.807) is 0 Å². The van der Waals surface area contributed by atoms with Gasteiger partial charge in [0.2, 0.25) is 0 Å². The second kappa shape index (κ2) is 4.19. The zero-order valence-electron chi connectivity index (χ0n) is 12.7. The van der Waals surface area contributed by atoms with E-state index in [1.165, 1.54) is 19.3 Å². The Balaban J connectivity index is 2.52. The normalized spacial score (nSPS) is 43.7. The van der Waals surface area contributed by atoms with Crippen LogP contribution in [0.1, 0.15) is 40.0 Å². The van der Waals surface area contributed by atoms with Gasteiger partial charge >= 0.3 is 0 Å². The van der Waals surface area contributed by atoms with Crippen LogP contribution in [-0.4, -0.2) is 42.8 Å². The molecule has 2 saturated carbocycles. The number of nitrogens with two attached hydrogens (primary N) is 1. The molecule has 0 amide bonds. The standard InChI is InChI=1S/C15H30N2O/c1-13(2)11-6-7-14(13,3)15(8-11,17(4)5)12(9-16)10-18/h11-12,18H,6-10,16H2,1-5H3/t11-,12+,14+,15-/m1/s1. The van der Waals surface area contributed by atoms with Crippen LogP contribution < -0.4 is 5.73 Å². The minimum Gasteiger partial charge on any atom is -0.396 e. The fourth-order valence-electron chi connectivity index (χ4n) is 5.41. The van der Waals surface area contributed by atoms with Crippen molar-refractivity contribution in [1.82, 2.24) is 4.90 Å². The molecule has 106 valence electrons. The lowest BCUT2D eigenvalue weighted by Gasteiger charge is -2.56. The lowest BCUT2D eigenvalue weighted by atomic mass is 9.58. The molecule has 2 aliphatic rings. The van der Waals surface area contributed by atoms with Crippen LogP contribution in [0.4, 0.5) is 0 Å². The van der Waals surface area contributed by atoms with Crippen molar-refractivity contribution < 1.29 is 5.11 Å². The highest BCUT2D eigenvalue weighted by Gasteiger charge is 2.70. The summed E-state index contributed by atoms with van der Waals surface area (Å²) >= 11 is 0. The molecule has 2 aliphatic carbocycles. The van der Waals surface area contributed by atoms with Crippen LogP contribution in [0.2, 0.25) is 0 Å². The molecule has 0 radical (unpaired) electrons. The Hall–Kier alpha value is -0.120. The quantitative estimate of drug-likeness (QED) is 0.803. The molecule has 3 nitrogen and oxygen atoms in total. The topological polar surface area (TPSA) is 49.5 Å². The summed E-state index contributed by atoms with van der Waals surface area (Å²) in [6.07, 6.45) is 3.78. The van der Waals surface area contributed by atoms with E-state index in [0.717, 1.165) is 5.92 Å². The monoisotopic (exact) mass is 254 g/mol. The minimum absolute atomic E-state index is 0.0584. The van der Waals surface area contributed by atoms with Gasteiger partial charge in [0.05, 0.1) is 0 Å². The fraction of sp³-hybridized carbons (Fsp3) is 1.00. The molecule has 2 fully saturated rings. The third kappa shape index (κ3) is 1.36. The molecule has 18 heavy (non-hydrogen) atoms. The van der Waals surface area contributed by atoms with Crippen LogP contribution in [0, 0.1) is 22.7 Å². The van der Waals surface area contributed by atoms with Gasteiger partial charge in [-0.15, -0.1) is 0 Å². The smallest absolute Gasteiger partial charge is 0.0489 e. The van der Waals surface area contributed by atoms with Crippen LogP contribution in [0.5, 0.6) is 0 Å². The predicted octanol–water partition coefficient (Wildman–Crippen LogP) is 1.70. The maximum absolute atomic E-state index is 9.81. The summed E-state index contributed by atoms with van der Waals surface area (Å²) in [5.41, 5.74) is 6.64. The Bertz CT molecular complexity index is 324. The summed E-state index contributed by atoms with van der Waals surface area (Å²) in [6.45, 7) is 8.04. The van der Waals surface area contributed by atoms with Crippen molar-refractivity contribution >= 4 is 0 Å². The summed E-state index contributed by atoms with van der Waals surface area (Å²) in [5, 5.41) is 9.81. The maximum Gasteiger partial charge on any atom is 0.0489 e.